The molecule has 0 atom stereocenters. The Balaban J connectivity index is 2.12. The van der Waals surface area contributed by atoms with Gasteiger partial charge < -0.3 is 4.98 Å². The number of hydrogen-bond acceptors (Lipinski definition) is 6. The summed E-state index contributed by atoms with van der Waals surface area (Å²) in [5.41, 5.74) is 3.23. The van der Waals surface area contributed by atoms with Gasteiger partial charge in [0, 0.05) is 22.8 Å². The van der Waals surface area contributed by atoms with Crippen molar-refractivity contribution in [2.75, 3.05) is 6.26 Å². The summed E-state index contributed by atoms with van der Waals surface area (Å²) in [7, 11) is 0. The number of aromatic nitrogens is 3. The number of aromatic amines is 1. The smallest absolute Gasteiger partial charge is 0.197 e. The van der Waals surface area contributed by atoms with Crippen LogP contribution >= 0.6 is 46.7 Å². The van der Waals surface area contributed by atoms with E-state index in [1.165, 1.54) is 14.6 Å². The van der Waals surface area contributed by atoms with Crippen LogP contribution in [0.25, 0.3) is 21.1 Å². The molecule has 3 aromatic heterocycles. The summed E-state index contributed by atoms with van der Waals surface area (Å²) in [4.78, 5) is 12.9. The molecule has 0 fully saturated rings. The molecule has 0 aliphatic carbocycles. The summed E-state index contributed by atoms with van der Waals surface area (Å²) in [5, 5.41) is 3.15. The van der Waals surface area contributed by atoms with Crippen molar-refractivity contribution in [3.63, 3.8) is 0 Å². The van der Waals surface area contributed by atoms with Crippen LogP contribution in [0, 0.1) is 11.7 Å². The zero-order valence-corrected chi connectivity index (χ0v) is 14.1. The van der Waals surface area contributed by atoms with E-state index >= 15 is 0 Å². The molecule has 0 unspecified atom stereocenters. The second-order valence-corrected chi connectivity index (χ2v) is 7.47. The Kier molecular flexibility index (Phi) is 4.02. The Morgan fingerprint density at radius 3 is 2.90 bits per heavy atom. The van der Waals surface area contributed by atoms with Gasteiger partial charge in [0.2, 0.25) is 0 Å². The second-order valence-electron chi connectivity index (χ2n) is 4.10. The van der Waals surface area contributed by atoms with Gasteiger partial charge in [0.05, 0.1) is 14.8 Å². The van der Waals surface area contributed by atoms with Gasteiger partial charge in [-0.25, -0.2) is 9.97 Å². The molecule has 20 heavy (non-hydrogen) atoms. The number of H-pyrrole nitrogens is 1. The van der Waals surface area contributed by atoms with Crippen molar-refractivity contribution < 1.29 is 0 Å². The van der Waals surface area contributed by atoms with E-state index in [1.807, 2.05) is 13.0 Å². The maximum absolute atomic E-state index is 5.10. The normalized spacial score (nSPS) is 10.9. The van der Waals surface area contributed by atoms with E-state index in [-0.39, 0.29) is 0 Å². The Morgan fingerprint density at radius 2 is 2.25 bits per heavy atom. The summed E-state index contributed by atoms with van der Waals surface area (Å²) in [6.45, 7) is 2.02. The maximum atomic E-state index is 5.10. The van der Waals surface area contributed by atoms with Crippen molar-refractivity contribution in [3.8, 4) is 21.1 Å². The summed E-state index contributed by atoms with van der Waals surface area (Å²) in [6.07, 6.45) is 3.82. The Morgan fingerprint density at radius 1 is 1.40 bits per heavy atom. The molecule has 0 aromatic carbocycles. The van der Waals surface area contributed by atoms with E-state index in [0.29, 0.717) is 4.77 Å². The topological polar surface area (TPSA) is 41.6 Å². The van der Waals surface area contributed by atoms with Gasteiger partial charge in [-0.3, -0.25) is 0 Å². The average Bonchev–Trinajstić information content (AvgIpc) is 3.04. The summed E-state index contributed by atoms with van der Waals surface area (Å²) >= 11 is 10.3. The molecule has 0 saturated heterocycles. The van der Waals surface area contributed by atoms with Gasteiger partial charge in [0.1, 0.15) is 5.01 Å². The molecule has 0 bridgehead atoms. The molecule has 0 spiro atoms. The van der Waals surface area contributed by atoms with Gasteiger partial charge in [0.25, 0.3) is 0 Å². The van der Waals surface area contributed by atoms with Crippen LogP contribution in [-0.4, -0.2) is 21.2 Å². The zero-order chi connectivity index (χ0) is 14.1. The molecule has 0 amide bonds. The third kappa shape index (κ3) is 2.71. The van der Waals surface area contributed by atoms with Gasteiger partial charge in [-0.2, -0.15) is 0 Å². The lowest BCUT2D eigenvalue weighted by Gasteiger charge is -2.00. The van der Waals surface area contributed by atoms with E-state index in [0.717, 1.165) is 16.4 Å². The van der Waals surface area contributed by atoms with Gasteiger partial charge in [-0.05, 0) is 37.5 Å². The van der Waals surface area contributed by atoms with Gasteiger partial charge in [0.15, 0.2) is 4.77 Å². The fourth-order valence-electron chi connectivity index (χ4n) is 1.81. The first kappa shape index (κ1) is 13.9. The summed E-state index contributed by atoms with van der Waals surface area (Å²) in [6, 6.07) is 4.13. The number of thiophene rings is 1. The SMILES string of the molecule is CSc1sc(-c2nc(C)cs2)cc1-c1ccnc(=S)[nH]1. The molecule has 7 heteroatoms. The van der Waals surface area contributed by atoms with Crippen LogP contribution in [0.2, 0.25) is 0 Å². The minimum atomic E-state index is 0.507. The van der Waals surface area contributed by atoms with Crippen molar-refractivity contribution in [1.29, 1.82) is 0 Å². The van der Waals surface area contributed by atoms with Gasteiger partial charge >= 0.3 is 0 Å². The lowest BCUT2D eigenvalue weighted by Crippen LogP contribution is -1.85. The molecule has 102 valence electrons. The van der Waals surface area contributed by atoms with Crippen LogP contribution in [0.4, 0.5) is 0 Å². The summed E-state index contributed by atoms with van der Waals surface area (Å²) < 4.78 is 1.76. The molecule has 0 aliphatic rings. The molecular weight excluding hydrogens is 326 g/mol. The van der Waals surface area contributed by atoms with Crippen LogP contribution in [0.5, 0.6) is 0 Å². The lowest BCUT2D eigenvalue weighted by atomic mass is 10.2. The number of rotatable bonds is 3. The number of hydrogen-bond donors (Lipinski definition) is 1. The number of thioether (sulfide) groups is 1. The third-order valence-electron chi connectivity index (χ3n) is 2.68. The van der Waals surface area contributed by atoms with Crippen LogP contribution in [-0.2, 0) is 0 Å². The number of nitrogens with zero attached hydrogens (tertiary/aromatic N) is 2. The minimum absolute atomic E-state index is 0.507. The number of aryl methyl sites for hydroxylation is 1. The van der Waals surface area contributed by atoms with Crippen LogP contribution < -0.4 is 0 Å². The highest BCUT2D eigenvalue weighted by Gasteiger charge is 2.14. The first-order chi connectivity index (χ1) is 9.67. The third-order valence-corrected chi connectivity index (χ3v) is 6.29. The molecule has 0 aliphatic heterocycles. The first-order valence-corrected chi connectivity index (χ1v) is 9.16. The Labute approximate surface area is 134 Å². The Bertz CT molecular complexity index is 800. The molecule has 3 nitrogen and oxygen atoms in total. The van der Waals surface area contributed by atoms with Crippen molar-refractivity contribution in [1.82, 2.24) is 15.0 Å². The zero-order valence-electron chi connectivity index (χ0n) is 10.8. The van der Waals surface area contributed by atoms with Crippen molar-refractivity contribution >= 4 is 46.7 Å². The highest BCUT2D eigenvalue weighted by atomic mass is 32.2. The van der Waals surface area contributed by atoms with Crippen LogP contribution in [0.3, 0.4) is 0 Å². The lowest BCUT2D eigenvalue weighted by molar-refractivity contribution is 1.14. The fourth-order valence-corrected chi connectivity index (χ4v) is 4.74. The summed E-state index contributed by atoms with van der Waals surface area (Å²) in [5.74, 6) is 0. The molecular formula is C13H11N3S4. The quantitative estimate of drug-likeness (QED) is 0.538. The predicted molar refractivity (Wildman–Crippen MR) is 90.4 cm³/mol. The first-order valence-electron chi connectivity index (χ1n) is 5.83. The van der Waals surface area contributed by atoms with Crippen molar-refractivity contribution in [2.45, 2.75) is 11.1 Å². The largest absolute Gasteiger partial charge is 0.330 e. The Hall–Kier alpha value is -1.02. The molecule has 3 rings (SSSR count). The highest BCUT2D eigenvalue weighted by molar-refractivity contribution is 8.00. The molecule has 3 aromatic rings. The predicted octanol–water partition coefficient (Wildman–Crippen LogP) is 5.02. The number of thiazole rings is 1. The van der Waals surface area contributed by atoms with Crippen LogP contribution in [0.15, 0.2) is 27.9 Å². The van der Waals surface area contributed by atoms with E-state index in [2.05, 4.69) is 32.7 Å². The molecule has 1 N–H and O–H groups in total. The standard InChI is InChI=1S/C13H11N3S4/c1-7-6-19-11(15-7)10-5-8(12(18-2)20-10)9-3-4-14-13(17)16-9/h3-6H,1-2H3,(H,14,16,17). The van der Waals surface area contributed by atoms with Crippen LogP contribution in [0.1, 0.15) is 5.69 Å². The average molecular weight is 338 g/mol. The maximum Gasteiger partial charge on any atom is 0.197 e. The highest BCUT2D eigenvalue weighted by Crippen LogP contribution is 2.42. The molecule has 0 radical (unpaired) electrons. The van der Waals surface area contributed by atoms with Gasteiger partial charge in [-0.1, -0.05) is 0 Å². The minimum Gasteiger partial charge on any atom is -0.330 e. The van der Waals surface area contributed by atoms with E-state index in [9.17, 15) is 0 Å². The van der Waals surface area contributed by atoms with Crippen molar-refractivity contribution in [2.24, 2.45) is 0 Å². The number of nitrogens with one attached hydrogen (secondary N) is 1. The molecule has 0 saturated carbocycles. The van der Waals surface area contributed by atoms with E-state index < -0.39 is 0 Å². The van der Waals surface area contributed by atoms with Gasteiger partial charge in [-0.15, -0.1) is 34.4 Å². The monoisotopic (exact) mass is 337 g/mol. The van der Waals surface area contributed by atoms with Crippen molar-refractivity contribution in [3.05, 3.63) is 34.2 Å². The fraction of sp³-hybridized carbons (Fsp3) is 0.154. The van der Waals surface area contributed by atoms with E-state index in [1.54, 1.807) is 40.6 Å². The second kappa shape index (κ2) is 5.77. The van der Waals surface area contributed by atoms with E-state index in [4.69, 9.17) is 12.2 Å². The molecule has 3 heterocycles.